The zero-order chi connectivity index (χ0) is 22.8. The SMILES string of the molecule is CCc1cc(CC)c(NCCNCNc2c(CC)cc(CC)[c]([Co+2])c2CC)c(CC)c1.[Cl-].[Cl-]. The first-order valence-corrected chi connectivity index (χ1v) is 12.7. The Morgan fingerprint density at radius 1 is 0.606 bits per heavy atom. The Hall–Kier alpha value is -0.914. The van der Waals surface area contributed by atoms with Gasteiger partial charge in [-0.2, -0.15) is 0 Å². The number of aryl methyl sites for hydroxylation is 5. The summed E-state index contributed by atoms with van der Waals surface area (Å²) >= 11 is 4.89. The normalized spacial score (nSPS) is 10.4. The van der Waals surface area contributed by atoms with Gasteiger partial charge >= 0.3 is 166 Å². The number of nitrogens with one attached hydrogen (secondary N) is 3. The number of rotatable bonds is 13. The van der Waals surface area contributed by atoms with Gasteiger partial charge in [-0.3, -0.25) is 0 Å². The summed E-state index contributed by atoms with van der Waals surface area (Å²) in [5.74, 6) is 0. The van der Waals surface area contributed by atoms with Gasteiger partial charge in [0.05, 0.1) is 0 Å². The van der Waals surface area contributed by atoms with Crippen molar-refractivity contribution >= 4 is 15.9 Å². The molecule has 0 fully saturated rings. The molecule has 0 heterocycles. The average Bonchev–Trinajstić information content (AvgIpc) is 2.80. The van der Waals surface area contributed by atoms with E-state index >= 15 is 0 Å². The molecule has 3 N–H and O–H groups in total. The molecule has 0 aliphatic carbocycles. The summed E-state index contributed by atoms with van der Waals surface area (Å²) < 4.78 is 1.15. The summed E-state index contributed by atoms with van der Waals surface area (Å²) in [6.45, 7) is 16.0. The van der Waals surface area contributed by atoms with E-state index in [9.17, 15) is 0 Å². The number of benzene rings is 2. The van der Waals surface area contributed by atoms with Crippen LogP contribution in [0.2, 0.25) is 0 Å². The Morgan fingerprint density at radius 2 is 1.15 bits per heavy atom. The maximum absolute atomic E-state index is 4.89. The summed E-state index contributed by atoms with van der Waals surface area (Å²) in [4.78, 5) is 0. The third-order valence-corrected chi connectivity index (χ3v) is 6.78. The van der Waals surface area contributed by atoms with Gasteiger partial charge in [0.25, 0.3) is 0 Å². The molecule has 6 heteroatoms. The molecule has 0 bridgehead atoms. The van der Waals surface area contributed by atoms with E-state index in [2.05, 4.69) is 75.7 Å². The first kappa shape index (κ1) is 32.1. The molecule has 0 unspecified atom stereocenters. The molecular formula is C27H42Cl2CoN3. The van der Waals surface area contributed by atoms with Crippen LogP contribution in [-0.2, 0) is 54.3 Å². The topological polar surface area (TPSA) is 36.1 Å². The molecule has 2 aromatic carbocycles. The zero-order valence-electron chi connectivity index (χ0n) is 21.2. The van der Waals surface area contributed by atoms with Gasteiger partial charge in [0.2, 0.25) is 0 Å². The Balaban J connectivity index is 0.00000512. The second-order valence-corrected chi connectivity index (χ2v) is 8.55. The van der Waals surface area contributed by atoms with E-state index < -0.39 is 0 Å². The van der Waals surface area contributed by atoms with E-state index in [0.717, 1.165) is 62.8 Å². The van der Waals surface area contributed by atoms with Crippen molar-refractivity contribution < 1.29 is 40.6 Å². The van der Waals surface area contributed by atoms with E-state index in [1.54, 1.807) is 0 Å². The van der Waals surface area contributed by atoms with Crippen LogP contribution in [0.3, 0.4) is 0 Å². The van der Waals surface area contributed by atoms with Crippen LogP contribution in [-0.4, -0.2) is 19.8 Å². The van der Waals surface area contributed by atoms with Gasteiger partial charge in [-0.1, -0.05) is 20.8 Å². The molecule has 0 spiro atoms. The van der Waals surface area contributed by atoms with Crippen LogP contribution in [0.25, 0.3) is 0 Å². The van der Waals surface area contributed by atoms with Crippen molar-refractivity contribution in [3.8, 4) is 0 Å². The Bertz CT molecular complexity index is 831. The van der Waals surface area contributed by atoms with Crippen molar-refractivity contribution in [3.63, 3.8) is 0 Å². The third-order valence-electron chi connectivity index (χ3n) is 6.13. The minimum absolute atomic E-state index is 0. The summed E-state index contributed by atoms with van der Waals surface area (Å²) in [5.41, 5.74) is 11.0. The number of hydrogen-bond acceptors (Lipinski definition) is 3. The molecule has 3 nitrogen and oxygen atoms in total. The van der Waals surface area contributed by atoms with Gasteiger partial charge in [-0.15, -0.1) is 0 Å². The van der Waals surface area contributed by atoms with Crippen LogP contribution >= 0.6 is 0 Å². The fraction of sp³-hybridized carbons (Fsp3) is 0.556. The van der Waals surface area contributed by atoms with E-state index in [1.165, 1.54) is 44.8 Å². The van der Waals surface area contributed by atoms with Gasteiger partial charge in [0, 0.05) is 0 Å². The maximum atomic E-state index is 4.89. The van der Waals surface area contributed by atoms with Gasteiger partial charge in [-0.05, 0) is 12.0 Å². The average molecular weight is 538 g/mol. The van der Waals surface area contributed by atoms with Gasteiger partial charge < -0.3 is 24.8 Å². The van der Waals surface area contributed by atoms with Crippen molar-refractivity contribution in [1.29, 1.82) is 0 Å². The number of halogens is 2. The monoisotopic (exact) mass is 537 g/mol. The predicted octanol–water partition coefficient (Wildman–Crippen LogP) is -0.688. The molecule has 0 aliphatic rings. The standard InChI is InChI=1S/C27H42N3.2ClH.Co/c1-7-20-15-22(9-3)26(23(10-4)16-20)29-14-13-28-19-30-27-24(11-5)17-21(8-2)18-25(27)12-6;;;/h15-17,28-30H,7-14,19H2,1-6H3;2*1H;/q;;;+2/p-2. The molecule has 0 atom stereocenters. The third kappa shape index (κ3) is 8.36. The molecule has 0 aromatic heterocycles. The molecule has 0 radical (unpaired) electrons. The Labute approximate surface area is 223 Å². The van der Waals surface area contributed by atoms with Crippen LogP contribution in [0, 0.1) is 0 Å². The van der Waals surface area contributed by atoms with Gasteiger partial charge in [0.15, 0.2) is 0 Å². The molecule has 2 aromatic rings. The summed E-state index contributed by atoms with van der Waals surface area (Å²) in [5, 5.41) is 10.9. The number of hydrogen-bond donors (Lipinski definition) is 3. The zero-order valence-corrected chi connectivity index (χ0v) is 23.7. The molecule has 33 heavy (non-hydrogen) atoms. The Kier molecular flexibility index (Phi) is 16.2. The summed E-state index contributed by atoms with van der Waals surface area (Å²) in [6.07, 6.45) is 6.29. The van der Waals surface area contributed by atoms with E-state index in [-0.39, 0.29) is 24.8 Å². The molecule has 188 valence electrons. The minimum atomic E-state index is 0. The van der Waals surface area contributed by atoms with Crippen molar-refractivity contribution in [3.05, 3.63) is 51.6 Å². The summed E-state index contributed by atoms with van der Waals surface area (Å²) in [7, 11) is 0. The molecule has 0 aliphatic heterocycles. The van der Waals surface area contributed by atoms with Gasteiger partial charge in [-0.25, -0.2) is 0 Å². The summed E-state index contributed by atoms with van der Waals surface area (Å²) in [6, 6.07) is 7.05. The minimum Gasteiger partial charge on any atom is -1.00 e. The number of anilines is 2. The van der Waals surface area contributed by atoms with Crippen molar-refractivity contribution in [2.24, 2.45) is 0 Å². The predicted molar refractivity (Wildman–Crippen MR) is 134 cm³/mol. The first-order chi connectivity index (χ1) is 15.0. The first-order valence-electron chi connectivity index (χ1n) is 12.2. The quantitative estimate of drug-likeness (QED) is 0.234. The molecule has 2 rings (SSSR count). The van der Waals surface area contributed by atoms with Crippen molar-refractivity contribution in [2.75, 3.05) is 30.4 Å². The smallest absolute Gasteiger partial charge is 1.00 e. The van der Waals surface area contributed by atoms with E-state index in [1.807, 2.05) is 0 Å². The fourth-order valence-corrected chi connectivity index (χ4v) is 4.82. The van der Waals surface area contributed by atoms with Crippen LogP contribution in [0.15, 0.2) is 18.2 Å². The van der Waals surface area contributed by atoms with Crippen LogP contribution in [0.5, 0.6) is 0 Å². The fourth-order valence-electron chi connectivity index (χ4n) is 4.25. The molecule has 0 saturated heterocycles. The van der Waals surface area contributed by atoms with Crippen LogP contribution in [0.4, 0.5) is 11.4 Å². The van der Waals surface area contributed by atoms with Gasteiger partial charge in [0.1, 0.15) is 0 Å². The van der Waals surface area contributed by atoms with Crippen LogP contribution in [0.1, 0.15) is 74.9 Å². The van der Waals surface area contributed by atoms with Crippen LogP contribution < -0.4 is 45.3 Å². The van der Waals surface area contributed by atoms with Crippen molar-refractivity contribution in [1.82, 2.24) is 5.32 Å². The van der Waals surface area contributed by atoms with E-state index in [4.69, 9.17) is 15.7 Å². The molecular weight excluding hydrogens is 496 g/mol. The molecule has 0 amide bonds. The second-order valence-electron chi connectivity index (χ2n) is 8.03. The molecule has 0 saturated carbocycles. The van der Waals surface area contributed by atoms with Crippen molar-refractivity contribution in [2.45, 2.75) is 80.1 Å². The Morgan fingerprint density at radius 3 is 1.64 bits per heavy atom. The van der Waals surface area contributed by atoms with E-state index in [0.29, 0.717) is 0 Å². The second kappa shape index (κ2) is 16.7.